The summed E-state index contributed by atoms with van der Waals surface area (Å²) in [5.74, 6) is -1.91. The molecule has 102 valence electrons. The van der Waals surface area contributed by atoms with E-state index in [4.69, 9.17) is 16.7 Å². The summed E-state index contributed by atoms with van der Waals surface area (Å²) >= 11 is 5.89. The molecule has 0 atom stereocenters. The molecule has 1 amide bonds. The van der Waals surface area contributed by atoms with Gasteiger partial charge >= 0.3 is 5.97 Å². The van der Waals surface area contributed by atoms with Crippen molar-refractivity contribution >= 4 is 29.2 Å². The number of aromatic hydroxyl groups is 1. The summed E-state index contributed by atoms with van der Waals surface area (Å²) in [6.45, 7) is 0. The number of carbonyl (C=O) groups is 2. The highest BCUT2D eigenvalue weighted by Crippen LogP contribution is 2.26. The van der Waals surface area contributed by atoms with Crippen LogP contribution in [0.3, 0.4) is 0 Å². The maximum Gasteiger partial charge on any atom is 0.335 e. The molecule has 0 heterocycles. The van der Waals surface area contributed by atoms with Gasteiger partial charge in [0.15, 0.2) is 0 Å². The molecule has 5 nitrogen and oxygen atoms in total. The molecule has 0 unspecified atom stereocenters. The number of benzene rings is 2. The second kappa shape index (κ2) is 5.63. The van der Waals surface area contributed by atoms with Gasteiger partial charge in [-0.05, 0) is 30.3 Å². The number of carbonyl (C=O) groups excluding carboxylic acids is 1. The predicted molar refractivity (Wildman–Crippen MR) is 74.5 cm³/mol. The minimum absolute atomic E-state index is 0.00909. The fourth-order valence-corrected chi connectivity index (χ4v) is 1.83. The van der Waals surface area contributed by atoms with Crippen molar-refractivity contribution in [1.82, 2.24) is 0 Å². The van der Waals surface area contributed by atoms with Gasteiger partial charge in [0.2, 0.25) is 0 Å². The molecule has 0 saturated carbocycles. The van der Waals surface area contributed by atoms with Crippen molar-refractivity contribution in [3.05, 3.63) is 58.6 Å². The number of phenols is 1. The number of phenolic OH excluding ortho intramolecular Hbond substituents is 1. The summed E-state index contributed by atoms with van der Waals surface area (Å²) in [7, 11) is 0. The van der Waals surface area contributed by atoms with Gasteiger partial charge in [-0.1, -0.05) is 23.7 Å². The van der Waals surface area contributed by atoms with Gasteiger partial charge in [-0.2, -0.15) is 0 Å². The zero-order valence-corrected chi connectivity index (χ0v) is 10.9. The van der Waals surface area contributed by atoms with Gasteiger partial charge in [-0.15, -0.1) is 0 Å². The van der Waals surface area contributed by atoms with Gasteiger partial charge in [0.1, 0.15) is 5.75 Å². The van der Waals surface area contributed by atoms with E-state index >= 15 is 0 Å². The summed E-state index contributed by atoms with van der Waals surface area (Å²) in [6, 6.07) is 10.0. The molecule has 0 aliphatic heterocycles. The normalized spacial score (nSPS) is 10.1. The maximum absolute atomic E-state index is 12.0. The quantitative estimate of drug-likeness (QED) is 0.759. The molecule has 2 aromatic carbocycles. The summed E-state index contributed by atoms with van der Waals surface area (Å²) in [5, 5.41) is 21.2. The lowest BCUT2D eigenvalue weighted by atomic mass is 10.1. The Morgan fingerprint density at radius 1 is 1.10 bits per heavy atom. The summed E-state index contributed by atoms with van der Waals surface area (Å²) in [6.07, 6.45) is 0. The first-order valence-electron chi connectivity index (χ1n) is 5.61. The highest BCUT2D eigenvalue weighted by Gasteiger charge is 2.13. The summed E-state index contributed by atoms with van der Waals surface area (Å²) in [4.78, 5) is 22.9. The van der Waals surface area contributed by atoms with Crippen LogP contribution >= 0.6 is 11.6 Å². The Morgan fingerprint density at radius 2 is 1.80 bits per heavy atom. The first-order chi connectivity index (χ1) is 9.49. The fraction of sp³-hybridized carbons (Fsp3) is 0. The van der Waals surface area contributed by atoms with Crippen molar-refractivity contribution in [2.24, 2.45) is 0 Å². The van der Waals surface area contributed by atoms with E-state index < -0.39 is 11.9 Å². The fourth-order valence-electron chi connectivity index (χ4n) is 1.60. The monoisotopic (exact) mass is 291 g/mol. The van der Waals surface area contributed by atoms with Crippen molar-refractivity contribution in [1.29, 1.82) is 0 Å². The van der Waals surface area contributed by atoms with Crippen LogP contribution in [0.15, 0.2) is 42.5 Å². The lowest BCUT2D eigenvalue weighted by molar-refractivity contribution is 0.0696. The number of carboxylic acids is 1. The number of anilines is 1. The molecule has 20 heavy (non-hydrogen) atoms. The average molecular weight is 292 g/mol. The Bertz CT molecular complexity index is 685. The molecular formula is C14H10ClNO4. The van der Waals surface area contributed by atoms with E-state index in [9.17, 15) is 14.7 Å². The smallest absolute Gasteiger partial charge is 0.335 e. The number of hydrogen-bond donors (Lipinski definition) is 3. The molecule has 0 spiro atoms. The van der Waals surface area contributed by atoms with Gasteiger partial charge in [-0.25, -0.2) is 4.79 Å². The highest BCUT2D eigenvalue weighted by atomic mass is 35.5. The van der Waals surface area contributed by atoms with Crippen LogP contribution in [-0.4, -0.2) is 22.1 Å². The predicted octanol–water partition coefficient (Wildman–Crippen LogP) is 3.00. The SMILES string of the molecule is O=C(O)c1ccc(O)c(NC(=O)c2ccccc2Cl)c1. The van der Waals surface area contributed by atoms with E-state index in [-0.39, 0.29) is 27.6 Å². The van der Waals surface area contributed by atoms with Crippen LogP contribution in [0.1, 0.15) is 20.7 Å². The number of hydrogen-bond acceptors (Lipinski definition) is 3. The van der Waals surface area contributed by atoms with Crippen molar-refractivity contribution in [3.63, 3.8) is 0 Å². The Morgan fingerprint density at radius 3 is 2.45 bits per heavy atom. The van der Waals surface area contributed by atoms with E-state index in [2.05, 4.69) is 5.32 Å². The third-order valence-corrected chi connectivity index (χ3v) is 2.94. The Hall–Kier alpha value is -2.53. The molecule has 2 rings (SSSR count). The zero-order chi connectivity index (χ0) is 14.7. The number of amides is 1. The van der Waals surface area contributed by atoms with Gasteiger partial charge in [0.25, 0.3) is 5.91 Å². The molecule has 0 fully saturated rings. The number of nitrogens with one attached hydrogen (secondary N) is 1. The Balaban J connectivity index is 2.30. The highest BCUT2D eigenvalue weighted by molar-refractivity contribution is 6.34. The lowest BCUT2D eigenvalue weighted by Gasteiger charge is -2.09. The van der Waals surface area contributed by atoms with E-state index in [0.717, 1.165) is 0 Å². The standard InChI is InChI=1S/C14H10ClNO4/c15-10-4-2-1-3-9(10)13(18)16-11-7-8(14(19)20)5-6-12(11)17/h1-7,17H,(H,16,18)(H,19,20). The first kappa shape index (κ1) is 13.9. The number of halogens is 1. The molecule has 0 bridgehead atoms. The van der Waals surface area contributed by atoms with Crippen LogP contribution in [0.5, 0.6) is 5.75 Å². The molecule has 3 N–H and O–H groups in total. The van der Waals surface area contributed by atoms with Crippen molar-refractivity contribution in [3.8, 4) is 5.75 Å². The third kappa shape index (κ3) is 2.89. The van der Waals surface area contributed by atoms with Gasteiger partial charge < -0.3 is 15.5 Å². The van der Waals surface area contributed by atoms with Crippen LogP contribution in [0.2, 0.25) is 5.02 Å². The largest absolute Gasteiger partial charge is 0.506 e. The van der Waals surface area contributed by atoms with Gasteiger partial charge in [-0.3, -0.25) is 4.79 Å². The van der Waals surface area contributed by atoms with Crippen LogP contribution in [0, 0.1) is 0 Å². The molecule has 0 aromatic heterocycles. The van der Waals surface area contributed by atoms with Gasteiger partial charge in [0, 0.05) is 0 Å². The second-order valence-electron chi connectivity index (χ2n) is 3.97. The van der Waals surface area contributed by atoms with Crippen LogP contribution in [-0.2, 0) is 0 Å². The van der Waals surface area contributed by atoms with Crippen LogP contribution < -0.4 is 5.32 Å². The topological polar surface area (TPSA) is 86.6 Å². The zero-order valence-electron chi connectivity index (χ0n) is 10.1. The molecule has 0 aliphatic rings. The van der Waals surface area contributed by atoms with E-state index in [1.165, 1.54) is 24.3 Å². The molecule has 0 aliphatic carbocycles. The maximum atomic E-state index is 12.0. The van der Waals surface area contributed by atoms with Crippen molar-refractivity contribution < 1.29 is 19.8 Å². The minimum atomic E-state index is -1.15. The van der Waals surface area contributed by atoms with Crippen molar-refractivity contribution in [2.45, 2.75) is 0 Å². The average Bonchev–Trinajstić information content (AvgIpc) is 2.41. The number of carboxylic acid groups (broad SMARTS) is 1. The summed E-state index contributed by atoms with van der Waals surface area (Å²) in [5.41, 5.74) is 0.196. The lowest BCUT2D eigenvalue weighted by Crippen LogP contribution is -2.13. The second-order valence-corrected chi connectivity index (χ2v) is 4.38. The minimum Gasteiger partial charge on any atom is -0.506 e. The molecule has 0 radical (unpaired) electrons. The number of aromatic carboxylic acids is 1. The van der Waals surface area contributed by atoms with E-state index in [0.29, 0.717) is 0 Å². The van der Waals surface area contributed by atoms with Crippen LogP contribution in [0.25, 0.3) is 0 Å². The number of rotatable bonds is 3. The van der Waals surface area contributed by atoms with E-state index in [1.54, 1.807) is 18.2 Å². The molecule has 0 saturated heterocycles. The molecular weight excluding hydrogens is 282 g/mol. The molecule has 6 heteroatoms. The Labute approximate surface area is 119 Å². The summed E-state index contributed by atoms with van der Waals surface area (Å²) < 4.78 is 0. The third-order valence-electron chi connectivity index (χ3n) is 2.61. The molecule has 2 aromatic rings. The van der Waals surface area contributed by atoms with Crippen LogP contribution in [0.4, 0.5) is 5.69 Å². The van der Waals surface area contributed by atoms with E-state index in [1.807, 2.05) is 0 Å². The van der Waals surface area contributed by atoms with Gasteiger partial charge in [0.05, 0.1) is 21.8 Å². The Kier molecular flexibility index (Phi) is 3.91. The van der Waals surface area contributed by atoms with Crippen molar-refractivity contribution in [2.75, 3.05) is 5.32 Å². The first-order valence-corrected chi connectivity index (χ1v) is 5.99.